The van der Waals surface area contributed by atoms with Crippen LogP contribution >= 0.6 is 23.2 Å². The molecule has 2 amide bonds. The number of aryl methyl sites for hydroxylation is 1. The smallest absolute Gasteiger partial charge is 0.243 e. The standard InChI is InChI=1S/C29H39Cl2N3O4S/c1-4-26(29(36)32-22-13-6-5-7-14-22)33(20-23-24(30)15-10-16-25(23)31)28(35)18-11-19-34(39(3,37)38)27-17-9-8-12-21(27)2/h8-10,12,15-17,22,26H,4-7,11,13-14,18-20H2,1-3H3,(H,32,36)/t26-/m0/s1. The van der Waals surface area contributed by atoms with E-state index in [1.165, 1.54) is 10.7 Å². The lowest BCUT2D eigenvalue weighted by Gasteiger charge is -2.33. The number of sulfonamides is 1. The topological polar surface area (TPSA) is 86.8 Å². The van der Waals surface area contributed by atoms with Gasteiger partial charge in [-0.25, -0.2) is 8.42 Å². The zero-order chi connectivity index (χ0) is 28.6. The van der Waals surface area contributed by atoms with Gasteiger partial charge in [-0.1, -0.05) is 73.7 Å². The van der Waals surface area contributed by atoms with Gasteiger partial charge >= 0.3 is 0 Å². The molecule has 1 aliphatic rings. The number of hydrogen-bond acceptors (Lipinski definition) is 4. The molecule has 0 spiro atoms. The molecule has 0 unspecified atom stereocenters. The molecule has 0 aliphatic heterocycles. The number of anilines is 1. The van der Waals surface area contributed by atoms with Crippen LogP contribution in [0.3, 0.4) is 0 Å². The summed E-state index contributed by atoms with van der Waals surface area (Å²) in [7, 11) is -3.56. The van der Waals surface area contributed by atoms with Crippen molar-refractivity contribution in [3.8, 4) is 0 Å². The van der Waals surface area contributed by atoms with E-state index in [-0.39, 0.29) is 43.8 Å². The molecule has 0 heterocycles. The van der Waals surface area contributed by atoms with E-state index in [0.29, 0.717) is 27.7 Å². The fourth-order valence-electron chi connectivity index (χ4n) is 5.14. The monoisotopic (exact) mass is 595 g/mol. The van der Waals surface area contributed by atoms with Crippen LogP contribution in [0.15, 0.2) is 42.5 Å². The third-order valence-electron chi connectivity index (χ3n) is 7.26. The number of nitrogens with zero attached hydrogens (tertiary/aromatic N) is 2. The van der Waals surface area contributed by atoms with E-state index >= 15 is 0 Å². The summed E-state index contributed by atoms with van der Waals surface area (Å²) >= 11 is 12.9. The van der Waals surface area contributed by atoms with Gasteiger partial charge in [0, 0.05) is 41.2 Å². The molecule has 3 rings (SSSR count). The van der Waals surface area contributed by atoms with E-state index in [1.54, 1.807) is 35.2 Å². The first kappa shape index (κ1) is 31.2. The van der Waals surface area contributed by atoms with E-state index in [2.05, 4.69) is 5.32 Å². The molecule has 214 valence electrons. The van der Waals surface area contributed by atoms with Crippen LogP contribution in [0.4, 0.5) is 5.69 Å². The van der Waals surface area contributed by atoms with Crippen molar-refractivity contribution >= 4 is 50.7 Å². The molecule has 0 aromatic heterocycles. The number of rotatable bonds is 12. The fraction of sp³-hybridized carbons (Fsp3) is 0.517. The maximum Gasteiger partial charge on any atom is 0.243 e. The maximum atomic E-state index is 13.7. The van der Waals surface area contributed by atoms with Gasteiger partial charge in [0.05, 0.1) is 11.9 Å². The second-order valence-corrected chi connectivity index (χ2v) is 12.9. The SMILES string of the molecule is CC[C@@H](C(=O)NC1CCCCC1)N(Cc1c(Cl)cccc1Cl)C(=O)CCCN(c1ccccc1C)S(C)(=O)=O. The Labute approximate surface area is 242 Å². The van der Waals surface area contributed by atoms with Gasteiger partial charge in [0.15, 0.2) is 0 Å². The van der Waals surface area contributed by atoms with Crippen LogP contribution < -0.4 is 9.62 Å². The van der Waals surface area contributed by atoms with Gasteiger partial charge in [-0.15, -0.1) is 0 Å². The van der Waals surface area contributed by atoms with Crippen LogP contribution in [0.5, 0.6) is 0 Å². The number of halogens is 2. The number of para-hydroxylation sites is 1. The fourth-order valence-corrected chi connectivity index (χ4v) is 6.68. The Morgan fingerprint density at radius 1 is 1.03 bits per heavy atom. The van der Waals surface area contributed by atoms with Crippen molar-refractivity contribution in [3.63, 3.8) is 0 Å². The van der Waals surface area contributed by atoms with Gasteiger partial charge in [0.2, 0.25) is 21.8 Å². The third-order valence-corrected chi connectivity index (χ3v) is 9.15. The Hall–Kier alpha value is -2.29. The van der Waals surface area contributed by atoms with Crippen molar-refractivity contribution in [1.82, 2.24) is 10.2 Å². The average molecular weight is 597 g/mol. The van der Waals surface area contributed by atoms with Crippen LogP contribution in [0, 0.1) is 6.92 Å². The summed E-state index contributed by atoms with van der Waals surface area (Å²) < 4.78 is 26.5. The Bertz CT molecular complexity index is 1230. The van der Waals surface area contributed by atoms with Crippen molar-refractivity contribution < 1.29 is 18.0 Å². The lowest BCUT2D eigenvalue weighted by atomic mass is 9.95. The van der Waals surface area contributed by atoms with Gasteiger partial charge in [0.25, 0.3) is 0 Å². The Kier molecular flexibility index (Phi) is 11.5. The number of amides is 2. The second-order valence-electron chi connectivity index (χ2n) is 10.2. The van der Waals surface area contributed by atoms with E-state index in [4.69, 9.17) is 23.2 Å². The predicted molar refractivity (Wildman–Crippen MR) is 159 cm³/mol. The Morgan fingerprint density at radius 3 is 2.26 bits per heavy atom. The minimum Gasteiger partial charge on any atom is -0.352 e. The summed E-state index contributed by atoms with van der Waals surface area (Å²) in [4.78, 5) is 28.7. The van der Waals surface area contributed by atoms with Crippen LogP contribution in [0.2, 0.25) is 10.0 Å². The molecule has 2 aromatic carbocycles. The first-order valence-electron chi connectivity index (χ1n) is 13.6. The van der Waals surface area contributed by atoms with Crippen molar-refractivity contribution in [1.29, 1.82) is 0 Å². The lowest BCUT2D eigenvalue weighted by molar-refractivity contribution is -0.141. The zero-order valence-corrected chi connectivity index (χ0v) is 25.3. The number of carbonyl (C=O) groups is 2. The highest BCUT2D eigenvalue weighted by atomic mass is 35.5. The van der Waals surface area contributed by atoms with Crippen LogP contribution in [-0.4, -0.2) is 50.0 Å². The molecule has 1 fully saturated rings. The minimum atomic E-state index is -3.56. The number of hydrogen-bond donors (Lipinski definition) is 1. The summed E-state index contributed by atoms with van der Waals surface area (Å²) in [5.41, 5.74) is 2.00. The molecule has 39 heavy (non-hydrogen) atoms. The zero-order valence-electron chi connectivity index (χ0n) is 23.0. The summed E-state index contributed by atoms with van der Waals surface area (Å²) in [5, 5.41) is 4.00. The molecular weight excluding hydrogens is 557 g/mol. The summed E-state index contributed by atoms with van der Waals surface area (Å²) in [5.74, 6) is -0.437. The van der Waals surface area contributed by atoms with Crippen LogP contribution in [0.25, 0.3) is 0 Å². The van der Waals surface area contributed by atoms with Gasteiger partial charge in [0.1, 0.15) is 6.04 Å². The third kappa shape index (κ3) is 8.60. The molecule has 0 saturated heterocycles. The minimum absolute atomic E-state index is 0.0627. The predicted octanol–water partition coefficient (Wildman–Crippen LogP) is 6.10. The highest BCUT2D eigenvalue weighted by molar-refractivity contribution is 7.92. The van der Waals surface area contributed by atoms with Crippen molar-refractivity contribution in [2.75, 3.05) is 17.1 Å². The number of nitrogens with one attached hydrogen (secondary N) is 1. The first-order valence-corrected chi connectivity index (χ1v) is 16.2. The molecule has 1 saturated carbocycles. The average Bonchev–Trinajstić information content (AvgIpc) is 2.88. The summed E-state index contributed by atoms with van der Waals surface area (Å²) in [6, 6.07) is 11.8. The molecule has 1 atom stereocenters. The molecule has 0 radical (unpaired) electrons. The molecule has 10 heteroatoms. The molecule has 1 N–H and O–H groups in total. The van der Waals surface area contributed by atoms with Crippen molar-refractivity contribution in [2.24, 2.45) is 0 Å². The Morgan fingerprint density at radius 2 is 1.67 bits per heavy atom. The summed E-state index contributed by atoms with van der Waals surface area (Å²) in [6.45, 7) is 3.95. The van der Waals surface area contributed by atoms with Crippen LogP contribution in [-0.2, 0) is 26.2 Å². The van der Waals surface area contributed by atoms with E-state index in [0.717, 1.165) is 37.5 Å². The van der Waals surface area contributed by atoms with Gasteiger partial charge < -0.3 is 10.2 Å². The highest BCUT2D eigenvalue weighted by Gasteiger charge is 2.31. The summed E-state index contributed by atoms with van der Waals surface area (Å²) in [6.07, 6.45) is 7.14. The molecule has 0 bridgehead atoms. The largest absolute Gasteiger partial charge is 0.352 e. The molecule has 7 nitrogen and oxygen atoms in total. The second kappa shape index (κ2) is 14.4. The first-order chi connectivity index (χ1) is 18.5. The van der Waals surface area contributed by atoms with E-state index in [9.17, 15) is 18.0 Å². The lowest BCUT2D eigenvalue weighted by Crippen LogP contribution is -2.51. The van der Waals surface area contributed by atoms with Crippen LogP contribution in [0.1, 0.15) is 69.4 Å². The normalized spacial score (nSPS) is 15.0. The van der Waals surface area contributed by atoms with Crippen molar-refractivity contribution in [3.05, 3.63) is 63.6 Å². The number of carbonyl (C=O) groups excluding carboxylic acids is 2. The molecule has 1 aliphatic carbocycles. The number of benzene rings is 2. The van der Waals surface area contributed by atoms with E-state index < -0.39 is 16.1 Å². The van der Waals surface area contributed by atoms with Gasteiger partial charge in [-0.05, 0) is 56.4 Å². The van der Waals surface area contributed by atoms with Gasteiger partial charge in [-0.3, -0.25) is 13.9 Å². The van der Waals surface area contributed by atoms with Gasteiger partial charge in [-0.2, -0.15) is 0 Å². The molecule has 2 aromatic rings. The maximum absolute atomic E-state index is 13.7. The molecular formula is C29H39Cl2N3O4S. The van der Waals surface area contributed by atoms with E-state index in [1.807, 2.05) is 26.0 Å². The quantitative estimate of drug-likeness (QED) is 0.321. The Balaban J connectivity index is 1.81. The van der Waals surface area contributed by atoms with Crippen molar-refractivity contribution in [2.45, 2.75) is 83.8 Å². The highest BCUT2D eigenvalue weighted by Crippen LogP contribution is 2.28.